The van der Waals surface area contributed by atoms with E-state index in [4.69, 9.17) is 0 Å². The van der Waals surface area contributed by atoms with Crippen LogP contribution in [0.1, 0.15) is 24.6 Å². The molecule has 1 aliphatic carbocycles. The van der Waals surface area contributed by atoms with Crippen LogP contribution in [0.2, 0.25) is 0 Å². The highest BCUT2D eigenvalue weighted by Gasteiger charge is 2.54. The van der Waals surface area contributed by atoms with Crippen LogP contribution in [0.15, 0.2) is 15.9 Å². The number of piperazine rings is 1. The number of nitrogens with one attached hydrogen (secondary N) is 1. The van der Waals surface area contributed by atoms with E-state index in [9.17, 15) is 9.59 Å². The van der Waals surface area contributed by atoms with Crippen molar-refractivity contribution in [1.82, 2.24) is 10.2 Å². The molecule has 1 aliphatic heterocycles. The minimum atomic E-state index is -0.675. The Morgan fingerprint density at radius 3 is 2.79 bits per heavy atom. The summed E-state index contributed by atoms with van der Waals surface area (Å²) < 4.78 is 1.05. The van der Waals surface area contributed by atoms with Gasteiger partial charge in [-0.3, -0.25) is 9.59 Å². The summed E-state index contributed by atoms with van der Waals surface area (Å²) in [6, 6.07) is 3.98. The average Bonchev–Trinajstić information content (AvgIpc) is 3.15. The van der Waals surface area contributed by atoms with Crippen LogP contribution in [0.4, 0.5) is 0 Å². The van der Waals surface area contributed by atoms with Crippen LogP contribution >= 0.6 is 27.3 Å². The summed E-state index contributed by atoms with van der Waals surface area (Å²) in [5.41, 5.74) is -0.675. The summed E-state index contributed by atoms with van der Waals surface area (Å²) in [6.45, 7) is 2.54. The summed E-state index contributed by atoms with van der Waals surface area (Å²) in [4.78, 5) is 27.3. The summed E-state index contributed by atoms with van der Waals surface area (Å²) in [7, 11) is 0. The van der Waals surface area contributed by atoms with Crippen LogP contribution in [-0.4, -0.2) is 28.8 Å². The molecular formula is C13H15BrN2O2S. The molecule has 1 aromatic rings. The molecule has 3 rings (SSSR count). The van der Waals surface area contributed by atoms with Crippen LogP contribution in [0, 0.1) is 5.92 Å². The quantitative estimate of drug-likeness (QED) is 0.914. The van der Waals surface area contributed by atoms with Gasteiger partial charge in [-0.2, -0.15) is 0 Å². The molecular weight excluding hydrogens is 328 g/mol. The number of nitrogens with zero attached hydrogens (tertiary/aromatic N) is 1. The van der Waals surface area contributed by atoms with Gasteiger partial charge in [-0.1, -0.05) is 0 Å². The lowest BCUT2D eigenvalue weighted by atomic mass is 9.90. The maximum absolute atomic E-state index is 12.2. The molecule has 2 amide bonds. The molecule has 19 heavy (non-hydrogen) atoms. The van der Waals surface area contributed by atoms with Crippen molar-refractivity contribution in [2.75, 3.05) is 6.54 Å². The molecule has 1 N–H and O–H groups in total. The lowest BCUT2D eigenvalue weighted by Gasteiger charge is -2.43. The van der Waals surface area contributed by atoms with Crippen molar-refractivity contribution in [2.24, 2.45) is 5.92 Å². The highest BCUT2D eigenvalue weighted by molar-refractivity contribution is 9.11. The summed E-state index contributed by atoms with van der Waals surface area (Å²) in [5.74, 6) is 0.309. The van der Waals surface area contributed by atoms with Gasteiger partial charge in [0.05, 0.1) is 16.9 Å². The monoisotopic (exact) mass is 342 g/mol. The third-order valence-electron chi connectivity index (χ3n) is 4.04. The van der Waals surface area contributed by atoms with Crippen LogP contribution in [0.5, 0.6) is 0 Å². The molecule has 102 valence electrons. The van der Waals surface area contributed by atoms with Crippen LogP contribution < -0.4 is 5.32 Å². The van der Waals surface area contributed by atoms with Gasteiger partial charge in [0.15, 0.2) is 0 Å². The standard InChI is InChI=1S/C13H15BrN2O2S/c1-13(8-2-3-8)12(18)15-6-11(17)16(13)7-9-4-5-10(14)19-9/h4-5,8H,2-3,6-7H2,1H3,(H,15,18). The second kappa shape index (κ2) is 4.59. The van der Waals surface area contributed by atoms with Crippen molar-refractivity contribution in [3.63, 3.8) is 0 Å². The van der Waals surface area contributed by atoms with E-state index in [1.54, 1.807) is 16.2 Å². The molecule has 1 atom stereocenters. The predicted octanol–water partition coefficient (Wildman–Crippen LogP) is 2.14. The fourth-order valence-electron chi connectivity index (χ4n) is 2.71. The van der Waals surface area contributed by atoms with Crippen molar-refractivity contribution in [3.05, 3.63) is 20.8 Å². The fraction of sp³-hybridized carbons (Fsp3) is 0.538. The van der Waals surface area contributed by atoms with E-state index in [0.717, 1.165) is 21.5 Å². The third kappa shape index (κ3) is 2.21. The van der Waals surface area contributed by atoms with E-state index in [2.05, 4.69) is 21.2 Å². The Morgan fingerprint density at radius 2 is 2.21 bits per heavy atom. The Balaban J connectivity index is 1.90. The molecule has 2 heterocycles. The van der Waals surface area contributed by atoms with E-state index in [1.807, 2.05) is 19.1 Å². The minimum Gasteiger partial charge on any atom is -0.345 e. The largest absolute Gasteiger partial charge is 0.345 e. The molecule has 1 unspecified atom stereocenters. The zero-order chi connectivity index (χ0) is 13.6. The Labute approximate surface area is 124 Å². The first-order valence-electron chi connectivity index (χ1n) is 6.35. The van der Waals surface area contributed by atoms with Gasteiger partial charge in [0.1, 0.15) is 5.54 Å². The zero-order valence-corrected chi connectivity index (χ0v) is 13.0. The van der Waals surface area contributed by atoms with Crippen LogP contribution in [0.3, 0.4) is 0 Å². The number of halogens is 1. The molecule has 0 radical (unpaired) electrons. The smallest absolute Gasteiger partial charge is 0.246 e. The van der Waals surface area contributed by atoms with Crippen molar-refractivity contribution in [2.45, 2.75) is 31.8 Å². The molecule has 1 saturated carbocycles. The molecule has 0 aromatic carbocycles. The van der Waals surface area contributed by atoms with Crippen molar-refractivity contribution >= 4 is 39.1 Å². The van der Waals surface area contributed by atoms with Gasteiger partial charge in [-0.25, -0.2) is 0 Å². The highest BCUT2D eigenvalue weighted by Crippen LogP contribution is 2.45. The highest BCUT2D eigenvalue weighted by atomic mass is 79.9. The average molecular weight is 343 g/mol. The van der Waals surface area contributed by atoms with Crippen molar-refractivity contribution < 1.29 is 9.59 Å². The predicted molar refractivity (Wildman–Crippen MR) is 76.7 cm³/mol. The molecule has 1 aromatic heterocycles. The van der Waals surface area contributed by atoms with E-state index in [-0.39, 0.29) is 18.4 Å². The number of rotatable bonds is 3. The number of hydrogen-bond acceptors (Lipinski definition) is 3. The maximum Gasteiger partial charge on any atom is 0.246 e. The van der Waals surface area contributed by atoms with E-state index >= 15 is 0 Å². The number of carbonyl (C=O) groups excluding carboxylic acids is 2. The molecule has 1 saturated heterocycles. The normalized spacial score (nSPS) is 27.6. The van der Waals surface area contributed by atoms with Gasteiger partial charge >= 0.3 is 0 Å². The SMILES string of the molecule is CC1(C2CC2)C(=O)NCC(=O)N1Cc1ccc(Br)s1. The Kier molecular flexibility index (Phi) is 3.17. The van der Waals surface area contributed by atoms with Gasteiger partial charge < -0.3 is 10.2 Å². The van der Waals surface area contributed by atoms with Gasteiger partial charge in [-0.15, -0.1) is 11.3 Å². The molecule has 2 fully saturated rings. The summed E-state index contributed by atoms with van der Waals surface area (Å²) >= 11 is 5.04. The van der Waals surface area contributed by atoms with Gasteiger partial charge in [0, 0.05) is 4.88 Å². The molecule has 0 bridgehead atoms. The Hall–Kier alpha value is -0.880. The number of amides is 2. The Morgan fingerprint density at radius 1 is 1.47 bits per heavy atom. The number of thiophene rings is 1. The second-order valence-electron chi connectivity index (χ2n) is 5.29. The van der Waals surface area contributed by atoms with Gasteiger partial charge in [-0.05, 0) is 53.7 Å². The first kappa shape index (κ1) is 13.1. The Bertz CT molecular complexity index is 541. The maximum atomic E-state index is 12.2. The summed E-state index contributed by atoms with van der Waals surface area (Å²) in [5, 5.41) is 2.73. The van der Waals surface area contributed by atoms with Crippen molar-refractivity contribution in [3.8, 4) is 0 Å². The van der Waals surface area contributed by atoms with Crippen LogP contribution in [-0.2, 0) is 16.1 Å². The van der Waals surface area contributed by atoms with E-state index < -0.39 is 5.54 Å². The first-order valence-corrected chi connectivity index (χ1v) is 7.95. The minimum absolute atomic E-state index is 0.00905. The van der Waals surface area contributed by atoms with Crippen LogP contribution in [0.25, 0.3) is 0 Å². The molecule has 0 spiro atoms. The van der Waals surface area contributed by atoms with Gasteiger partial charge in [0.25, 0.3) is 0 Å². The van der Waals surface area contributed by atoms with E-state index in [0.29, 0.717) is 12.5 Å². The van der Waals surface area contributed by atoms with Crippen molar-refractivity contribution in [1.29, 1.82) is 0 Å². The van der Waals surface area contributed by atoms with Gasteiger partial charge in [0.2, 0.25) is 11.8 Å². The topological polar surface area (TPSA) is 49.4 Å². The molecule has 6 heteroatoms. The molecule has 2 aliphatic rings. The zero-order valence-electron chi connectivity index (χ0n) is 10.6. The lowest BCUT2D eigenvalue weighted by Crippen LogP contribution is -2.66. The lowest BCUT2D eigenvalue weighted by molar-refractivity contribution is -0.155. The summed E-state index contributed by atoms with van der Waals surface area (Å²) in [6.07, 6.45) is 2.06. The fourth-order valence-corrected chi connectivity index (χ4v) is 4.18. The molecule has 4 nitrogen and oxygen atoms in total. The first-order chi connectivity index (χ1) is 9.01. The third-order valence-corrected chi connectivity index (χ3v) is 5.65. The number of carbonyl (C=O) groups is 2. The number of hydrogen-bond donors (Lipinski definition) is 1. The van der Waals surface area contributed by atoms with E-state index in [1.165, 1.54) is 0 Å². The second-order valence-corrected chi connectivity index (χ2v) is 7.84.